The van der Waals surface area contributed by atoms with Crippen LogP contribution in [0.4, 0.5) is 5.69 Å². The van der Waals surface area contributed by atoms with Crippen LogP contribution in [0.25, 0.3) is 0 Å². The average molecular weight is 238 g/mol. The van der Waals surface area contributed by atoms with Crippen LogP contribution in [0, 0.1) is 16.0 Å². The van der Waals surface area contributed by atoms with Crippen LogP contribution in [-0.4, -0.2) is 18.1 Å². The molecule has 0 amide bonds. The number of ether oxygens (including phenoxy) is 1. The molecule has 0 saturated heterocycles. The molecule has 1 aromatic carbocycles. The van der Waals surface area contributed by atoms with Crippen LogP contribution >= 0.6 is 0 Å². The Morgan fingerprint density at radius 2 is 2.12 bits per heavy atom. The van der Waals surface area contributed by atoms with Gasteiger partial charge in [-0.25, -0.2) is 0 Å². The zero-order chi connectivity index (χ0) is 13.0. The lowest BCUT2D eigenvalue weighted by atomic mass is 9.96. The minimum absolute atomic E-state index is 0.0699. The van der Waals surface area contributed by atoms with E-state index < -0.39 is 4.92 Å². The molecule has 2 N–H and O–H groups in total. The van der Waals surface area contributed by atoms with Gasteiger partial charge in [-0.05, 0) is 24.5 Å². The molecular weight excluding hydrogens is 220 g/mol. The Morgan fingerprint density at radius 1 is 1.47 bits per heavy atom. The Morgan fingerprint density at radius 3 is 2.59 bits per heavy atom. The third kappa shape index (κ3) is 3.42. The van der Waals surface area contributed by atoms with E-state index in [1.807, 2.05) is 13.8 Å². The second-order valence-corrected chi connectivity index (χ2v) is 4.36. The number of nitrogens with zero attached hydrogens (tertiary/aromatic N) is 1. The normalized spacial score (nSPS) is 12.5. The maximum Gasteiger partial charge on any atom is 0.276 e. The van der Waals surface area contributed by atoms with Gasteiger partial charge in [-0.1, -0.05) is 13.8 Å². The highest BCUT2D eigenvalue weighted by Crippen LogP contribution is 2.26. The van der Waals surface area contributed by atoms with Crippen LogP contribution in [0.2, 0.25) is 0 Å². The topological polar surface area (TPSA) is 78.4 Å². The molecule has 0 aliphatic rings. The Balaban J connectivity index is 3.02. The summed E-state index contributed by atoms with van der Waals surface area (Å²) in [5, 5.41) is 11.0. The molecule has 0 heterocycles. The molecule has 0 aliphatic carbocycles. The van der Waals surface area contributed by atoms with Crippen LogP contribution in [0.15, 0.2) is 18.2 Å². The molecule has 1 aromatic rings. The summed E-state index contributed by atoms with van der Waals surface area (Å²) in [4.78, 5) is 10.6. The van der Waals surface area contributed by atoms with Gasteiger partial charge in [0, 0.05) is 11.6 Å². The molecule has 0 fully saturated rings. The second kappa shape index (κ2) is 5.63. The highest BCUT2D eigenvalue weighted by Gasteiger charge is 2.18. The summed E-state index contributed by atoms with van der Waals surface area (Å²) in [6.45, 7) is 4.00. The summed E-state index contributed by atoms with van der Waals surface area (Å²) >= 11 is 0. The second-order valence-electron chi connectivity index (χ2n) is 4.36. The van der Waals surface area contributed by atoms with E-state index in [-0.39, 0.29) is 17.6 Å². The number of nitrogens with two attached hydrogens (primary N) is 1. The minimum atomic E-state index is -0.398. The minimum Gasteiger partial charge on any atom is -0.497 e. The van der Waals surface area contributed by atoms with Crippen LogP contribution in [0.1, 0.15) is 19.4 Å². The molecule has 0 bridgehead atoms. The number of rotatable bonds is 5. The Bertz CT molecular complexity index is 405. The van der Waals surface area contributed by atoms with E-state index in [4.69, 9.17) is 10.5 Å². The van der Waals surface area contributed by atoms with Crippen molar-refractivity contribution in [1.29, 1.82) is 0 Å². The first kappa shape index (κ1) is 13.4. The quantitative estimate of drug-likeness (QED) is 0.629. The van der Waals surface area contributed by atoms with E-state index in [2.05, 4.69) is 0 Å². The van der Waals surface area contributed by atoms with Gasteiger partial charge in [0.15, 0.2) is 0 Å². The monoisotopic (exact) mass is 238 g/mol. The van der Waals surface area contributed by atoms with Crippen molar-refractivity contribution in [2.24, 2.45) is 11.7 Å². The standard InChI is InChI=1S/C12H18N2O3/c1-8(2)11(13)6-9-4-5-10(17-3)7-12(9)14(15)16/h4-5,7-8,11H,6,13H2,1-3H3. The van der Waals surface area contributed by atoms with Crippen LogP contribution in [0.3, 0.4) is 0 Å². The number of hydrogen-bond donors (Lipinski definition) is 1. The van der Waals surface area contributed by atoms with Gasteiger partial charge in [0.2, 0.25) is 0 Å². The van der Waals surface area contributed by atoms with E-state index in [0.29, 0.717) is 17.7 Å². The van der Waals surface area contributed by atoms with Crippen molar-refractivity contribution in [2.75, 3.05) is 7.11 Å². The summed E-state index contributed by atoms with van der Waals surface area (Å²) in [7, 11) is 1.48. The summed E-state index contributed by atoms with van der Waals surface area (Å²) in [6, 6.07) is 4.78. The lowest BCUT2D eigenvalue weighted by Gasteiger charge is -2.15. The number of benzene rings is 1. The molecule has 0 spiro atoms. The van der Waals surface area contributed by atoms with Crippen molar-refractivity contribution in [2.45, 2.75) is 26.3 Å². The first-order valence-electron chi connectivity index (χ1n) is 5.52. The van der Waals surface area contributed by atoms with E-state index in [0.717, 1.165) is 0 Å². The Kier molecular flexibility index (Phi) is 4.45. The lowest BCUT2D eigenvalue weighted by Crippen LogP contribution is -2.29. The largest absolute Gasteiger partial charge is 0.497 e. The highest BCUT2D eigenvalue weighted by molar-refractivity contribution is 5.46. The fourth-order valence-corrected chi connectivity index (χ4v) is 1.50. The average Bonchev–Trinajstić information content (AvgIpc) is 2.29. The van der Waals surface area contributed by atoms with Gasteiger partial charge in [0.1, 0.15) is 5.75 Å². The zero-order valence-electron chi connectivity index (χ0n) is 10.3. The predicted molar refractivity (Wildman–Crippen MR) is 66.2 cm³/mol. The lowest BCUT2D eigenvalue weighted by molar-refractivity contribution is -0.385. The van der Waals surface area contributed by atoms with Gasteiger partial charge in [-0.15, -0.1) is 0 Å². The summed E-state index contributed by atoms with van der Waals surface area (Å²) in [5.41, 5.74) is 6.65. The number of nitro groups is 1. The summed E-state index contributed by atoms with van der Waals surface area (Å²) in [6.07, 6.45) is 0.498. The molecule has 0 saturated carbocycles. The molecule has 0 aromatic heterocycles. The van der Waals surface area contributed by atoms with Crippen molar-refractivity contribution >= 4 is 5.69 Å². The molecule has 5 heteroatoms. The first-order chi connectivity index (χ1) is 7.95. The number of nitro benzene ring substituents is 1. The SMILES string of the molecule is COc1ccc(CC(N)C(C)C)c([N+](=O)[O-])c1. The summed E-state index contributed by atoms with van der Waals surface area (Å²) < 4.78 is 4.98. The van der Waals surface area contributed by atoms with Crippen molar-refractivity contribution in [3.63, 3.8) is 0 Å². The number of methoxy groups -OCH3 is 1. The van der Waals surface area contributed by atoms with Crippen LogP contribution in [0.5, 0.6) is 5.75 Å². The molecule has 94 valence electrons. The van der Waals surface area contributed by atoms with Crippen molar-refractivity contribution < 1.29 is 9.66 Å². The highest BCUT2D eigenvalue weighted by atomic mass is 16.6. The van der Waals surface area contributed by atoms with E-state index >= 15 is 0 Å². The maximum atomic E-state index is 11.0. The van der Waals surface area contributed by atoms with Crippen molar-refractivity contribution in [1.82, 2.24) is 0 Å². The van der Waals surface area contributed by atoms with Crippen LogP contribution < -0.4 is 10.5 Å². The van der Waals surface area contributed by atoms with E-state index in [1.165, 1.54) is 13.2 Å². The van der Waals surface area contributed by atoms with Gasteiger partial charge < -0.3 is 10.5 Å². The van der Waals surface area contributed by atoms with Gasteiger partial charge >= 0.3 is 0 Å². The molecular formula is C12H18N2O3. The van der Waals surface area contributed by atoms with Gasteiger partial charge in [0.25, 0.3) is 5.69 Å². The fraction of sp³-hybridized carbons (Fsp3) is 0.500. The predicted octanol–water partition coefficient (Wildman–Crippen LogP) is 2.13. The third-order valence-electron chi connectivity index (χ3n) is 2.80. The smallest absolute Gasteiger partial charge is 0.276 e. The van der Waals surface area contributed by atoms with Gasteiger partial charge in [-0.3, -0.25) is 10.1 Å². The van der Waals surface area contributed by atoms with Crippen molar-refractivity contribution in [3.8, 4) is 5.75 Å². The third-order valence-corrected chi connectivity index (χ3v) is 2.80. The number of hydrogen-bond acceptors (Lipinski definition) is 4. The first-order valence-corrected chi connectivity index (χ1v) is 5.52. The van der Waals surface area contributed by atoms with Crippen molar-refractivity contribution in [3.05, 3.63) is 33.9 Å². The van der Waals surface area contributed by atoms with Gasteiger partial charge in [0.05, 0.1) is 18.1 Å². The maximum absolute atomic E-state index is 11.0. The fourth-order valence-electron chi connectivity index (χ4n) is 1.50. The van der Waals surface area contributed by atoms with E-state index in [1.54, 1.807) is 12.1 Å². The molecule has 1 unspecified atom stereocenters. The molecule has 0 aliphatic heterocycles. The molecule has 1 rings (SSSR count). The summed E-state index contributed by atoms with van der Waals surface area (Å²) in [5.74, 6) is 0.773. The Hall–Kier alpha value is -1.62. The molecule has 5 nitrogen and oxygen atoms in total. The van der Waals surface area contributed by atoms with Crippen LogP contribution in [-0.2, 0) is 6.42 Å². The molecule has 17 heavy (non-hydrogen) atoms. The van der Waals surface area contributed by atoms with Gasteiger partial charge in [-0.2, -0.15) is 0 Å². The zero-order valence-corrected chi connectivity index (χ0v) is 10.3. The molecule has 1 atom stereocenters. The molecule has 0 radical (unpaired) electrons. The van der Waals surface area contributed by atoms with E-state index in [9.17, 15) is 10.1 Å². The Labute approximate surface area is 101 Å².